The zero-order chi connectivity index (χ0) is 23.5. The summed E-state index contributed by atoms with van der Waals surface area (Å²) >= 11 is 0. The predicted octanol–water partition coefficient (Wildman–Crippen LogP) is 2.81. The fourth-order valence-corrected chi connectivity index (χ4v) is 7.48. The molecule has 1 aliphatic carbocycles. The molecule has 3 aromatic carbocycles. The molecule has 0 heterocycles. The molecule has 0 saturated heterocycles. The van der Waals surface area contributed by atoms with E-state index in [-0.39, 0.29) is 11.3 Å². The van der Waals surface area contributed by atoms with Gasteiger partial charge in [0.1, 0.15) is 5.16 Å². The maximum absolute atomic E-state index is 14.5. The number of hydrogen-bond acceptors (Lipinski definition) is 5. The van der Waals surface area contributed by atoms with Gasteiger partial charge in [-0.2, -0.15) is 0 Å². The van der Waals surface area contributed by atoms with Crippen molar-refractivity contribution in [2.24, 2.45) is 5.73 Å². The van der Waals surface area contributed by atoms with Crippen molar-refractivity contribution >= 4 is 41.2 Å². The van der Waals surface area contributed by atoms with E-state index in [0.717, 1.165) is 0 Å². The van der Waals surface area contributed by atoms with Gasteiger partial charge in [0.2, 0.25) is 0 Å². The second-order valence-corrected chi connectivity index (χ2v) is 11.0. The number of esters is 1. The van der Waals surface area contributed by atoms with E-state index in [1.165, 1.54) is 12.1 Å². The van der Waals surface area contributed by atoms with Crippen molar-refractivity contribution < 1.29 is 23.7 Å². The summed E-state index contributed by atoms with van der Waals surface area (Å²) in [6, 6.07) is 24.1. The van der Waals surface area contributed by atoms with Crippen molar-refractivity contribution in [1.82, 2.24) is 0 Å². The Hall–Kier alpha value is -3.70. The average molecular weight is 462 g/mol. The molecule has 1 aliphatic rings. The van der Waals surface area contributed by atoms with E-state index in [4.69, 9.17) is 10.5 Å². The molecule has 0 radical (unpaired) electrons. The smallest absolute Gasteiger partial charge is 0.320 e. The van der Waals surface area contributed by atoms with Crippen molar-refractivity contribution in [3.8, 4) is 0 Å². The third kappa shape index (κ3) is 4.20. The number of carbonyl (C=O) groups excluding carboxylic acids is 3. The Kier molecular flexibility index (Phi) is 6.16. The summed E-state index contributed by atoms with van der Waals surface area (Å²) in [4.78, 5) is 37.2. The van der Waals surface area contributed by atoms with Crippen LogP contribution >= 0.6 is 7.14 Å². The van der Waals surface area contributed by atoms with Crippen LogP contribution in [0.15, 0.2) is 84.9 Å². The van der Waals surface area contributed by atoms with E-state index in [2.05, 4.69) is 5.32 Å². The minimum atomic E-state index is -3.39. The lowest BCUT2D eigenvalue weighted by Crippen LogP contribution is -2.36. The number of para-hydroxylation sites is 1. The van der Waals surface area contributed by atoms with Crippen LogP contribution in [0.5, 0.6) is 0 Å². The number of hydrogen-bond donors (Lipinski definition) is 2. The summed E-state index contributed by atoms with van der Waals surface area (Å²) in [5.41, 5.74) is 5.70. The molecule has 8 heteroatoms. The molecule has 1 fully saturated rings. The van der Waals surface area contributed by atoms with E-state index < -0.39 is 36.7 Å². The molecule has 4 rings (SSSR count). The fraction of sp³-hybridized carbons (Fsp3) is 0.160. The molecular weight excluding hydrogens is 439 g/mol. The maximum atomic E-state index is 14.5. The highest BCUT2D eigenvalue weighted by Crippen LogP contribution is 2.68. The minimum absolute atomic E-state index is 0.147. The van der Waals surface area contributed by atoms with Crippen LogP contribution in [0.25, 0.3) is 0 Å². The molecule has 0 aliphatic heterocycles. The van der Waals surface area contributed by atoms with Crippen molar-refractivity contribution in [1.29, 1.82) is 0 Å². The van der Waals surface area contributed by atoms with E-state index in [0.29, 0.717) is 23.5 Å². The molecule has 33 heavy (non-hydrogen) atoms. The summed E-state index contributed by atoms with van der Waals surface area (Å²) < 4.78 is 19.9. The second-order valence-electron chi connectivity index (χ2n) is 7.85. The summed E-state index contributed by atoms with van der Waals surface area (Å²) in [6.45, 7) is -0.572. The molecule has 7 nitrogen and oxygen atoms in total. The highest BCUT2D eigenvalue weighted by atomic mass is 31.2. The largest absolute Gasteiger partial charge is 0.455 e. The van der Waals surface area contributed by atoms with Gasteiger partial charge in [-0.25, -0.2) is 0 Å². The average Bonchev–Trinajstić information content (AvgIpc) is 3.66. The monoisotopic (exact) mass is 462 g/mol. The van der Waals surface area contributed by atoms with Gasteiger partial charge in [0, 0.05) is 10.6 Å². The number of primary amides is 1. The zero-order valence-corrected chi connectivity index (χ0v) is 18.7. The van der Waals surface area contributed by atoms with Gasteiger partial charge in [0.25, 0.3) is 11.8 Å². The Morgan fingerprint density at radius 1 is 0.848 bits per heavy atom. The second kappa shape index (κ2) is 9.04. The molecule has 168 valence electrons. The molecule has 0 atom stereocenters. The number of ether oxygens (including phenoxy) is 1. The first kappa shape index (κ1) is 22.5. The zero-order valence-electron chi connectivity index (χ0n) is 17.8. The van der Waals surface area contributed by atoms with Crippen LogP contribution in [0, 0.1) is 0 Å². The summed E-state index contributed by atoms with van der Waals surface area (Å²) in [5.74, 6) is -1.98. The normalized spacial score (nSPS) is 14.2. The first-order valence-corrected chi connectivity index (χ1v) is 12.2. The lowest BCUT2D eigenvalue weighted by molar-refractivity contribution is -0.147. The first-order valence-electron chi connectivity index (χ1n) is 10.5. The molecule has 0 bridgehead atoms. The van der Waals surface area contributed by atoms with Crippen LogP contribution in [0.1, 0.15) is 23.2 Å². The number of nitrogens with two attached hydrogens (primary N) is 1. The van der Waals surface area contributed by atoms with Crippen LogP contribution < -0.4 is 21.7 Å². The SMILES string of the molecule is NC(=O)c1ccccc1NC(=O)COC(=O)C1(P(=O)(c2ccccc2)c2ccccc2)CC1. The van der Waals surface area contributed by atoms with Crippen LogP contribution in [-0.4, -0.2) is 29.5 Å². The van der Waals surface area contributed by atoms with Gasteiger partial charge >= 0.3 is 5.97 Å². The minimum Gasteiger partial charge on any atom is -0.455 e. The van der Waals surface area contributed by atoms with Gasteiger partial charge in [-0.05, 0) is 25.0 Å². The molecular formula is C25H23N2O5P. The van der Waals surface area contributed by atoms with Gasteiger partial charge in [-0.15, -0.1) is 0 Å². The number of anilines is 1. The molecule has 3 N–H and O–H groups in total. The highest BCUT2D eigenvalue weighted by Gasteiger charge is 2.65. The number of carbonyl (C=O) groups is 3. The molecule has 1 saturated carbocycles. The molecule has 0 spiro atoms. The predicted molar refractivity (Wildman–Crippen MR) is 126 cm³/mol. The topological polar surface area (TPSA) is 116 Å². The molecule has 0 aromatic heterocycles. The quantitative estimate of drug-likeness (QED) is 0.395. The van der Waals surface area contributed by atoms with Crippen molar-refractivity contribution in [2.45, 2.75) is 18.0 Å². The summed E-state index contributed by atoms with van der Waals surface area (Å²) in [6.07, 6.45) is 0.804. The van der Waals surface area contributed by atoms with E-state index >= 15 is 0 Å². The third-order valence-corrected chi connectivity index (χ3v) is 9.63. The van der Waals surface area contributed by atoms with Gasteiger partial charge in [0.05, 0.1) is 11.3 Å². The first-order chi connectivity index (χ1) is 15.9. The lowest BCUT2D eigenvalue weighted by atomic mass is 10.1. The van der Waals surface area contributed by atoms with Crippen molar-refractivity contribution in [3.05, 3.63) is 90.5 Å². The fourth-order valence-electron chi connectivity index (χ4n) is 3.94. The number of benzene rings is 3. The van der Waals surface area contributed by atoms with E-state index in [1.807, 2.05) is 12.1 Å². The lowest BCUT2D eigenvalue weighted by Gasteiger charge is -2.27. The Labute approximate surface area is 191 Å². The Balaban J connectivity index is 1.55. The van der Waals surface area contributed by atoms with Crippen LogP contribution in [0.2, 0.25) is 0 Å². The van der Waals surface area contributed by atoms with Crippen molar-refractivity contribution in [2.75, 3.05) is 11.9 Å². The van der Waals surface area contributed by atoms with Gasteiger partial charge in [0.15, 0.2) is 13.7 Å². The maximum Gasteiger partial charge on any atom is 0.320 e. The van der Waals surface area contributed by atoms with Crippen molar-refractivity contribution in [3.63, 3.8) is 0 Å². The van der Waals surface area contributed by atoms with E-state index in [9.17, 15) is 18.9 Å². The highest BCUT2D eigenvalue weighted by molar-refractivity contribution is 7.81. The number of rotatable bonds is 8. The van der Waals surface area contributed by atoms with Crippen LogP contribution in [0.4, 0.5) is 5.69 Å². The standard InChI is InChI=1S/C25H23N2O5P/c26-23(29)20-13-7-8-14-21(20)27-22(28)17-32-24(30)25(15-16-25)33(31,18-9-3-1-4-10-18)19-11-5-2-6-12-19/h1-14H,15-17H2,(H2,26,29)(H,27,28). The van der Waals surface area contributed by atoms with Crippen LogP contribution in [0.3, 0.4) is 0 Å². The van der Waals surface area contributed by atoms with Gasteiger partial charge < -0.3 is 20.4 Å². The van der Waals surface area contributed by atoms with Crippen LogP contribution in [-0.2, 0) is 18.9 Å². The molecule has 3 aromatic rings. The summed E-state index contributed by atoms with van der Waals surface area (Å²) in [7, 11) is -3.39. The Morgan fingerprint density at radius 3 is 1.88 bits per heavy atom. The summed E-state index contributed by atoms with van der Waals surface area (Å²) in [5, 5.41) is 2.48. The Bertz CT molecular complexity index is 1200. The van der Waals surface area contributed by atoms with Gasteiger partial charge in [-0.3, -0.25) is 14.4 Å². The Morgan fingerprint density at radius 2 is 1.36 bits per heavy atom. The third-order valence-electron chi connectivity index (χ3n) is 5.75. The number of amides is 2. The van der Waals surface area contributed by atoms with E-state index in [1.54, 1.807) is 60.7 Å². The number of nitrogens with one attached hydrogen (secondary N) is 1. The molecule has 0 unspecified atom stereocenters. The van der Waals surface area contributed by atoms with Gasteiger partial charge in [-0.1, -0.05) is 72.8 Å². The molecule has 2 amide bonds.